The van der Waals surface area contributed by atoms with Gasteiger partial charge in [-0.3, -0.25) is 0 Å². The minimum absolute atomic E-state index is 0.251. The van der Waals surface area contributed by atoms with Crippen molar-refractivity contribution in [2.24, 2.45) is 0 Å². The summed E-state index contributed by atoms with van der Waals surface area (Å²) in [6.45, 7) is 0. The van der Waals surface area contributed by atoms with Crippen LogP contribution in [-0.2, 0) is 0 Å². The summed E-state index contributed by atoms with van der Waals surface area (Å²) in [5.74, 6) is -13.4. The summed E-state index contributed by atoms with van der Waals surface area (Å²) >= 11 is -1.13. The summed E-state index contributed by atoms with van der Waals surface area (Å²) < 4.78 is 152. The van der Waals surface area contributed by atoms with Crippen molar-refractivity contribution in [2.75, 3.05) is 5.32 Å². The standard InChI is InChI=1S/C11H5F12NS/c12-7(13,9(15,16)17)8(14,10(18,19)20)24-5-3-1-2-4-6(5)25-11(21,22)23/h1-4,24H. The third-order valence-electron chi connectivity index (χ3n) is 2.60. The lowest BCUT2D eigenvalue weighted by Crippen LogP contribution is -2.66. The molecule has 144 valence electrons. The number of alkyl halides is 12. The Morgan fingerprint density at radius 1 is 0.680 bits per heavy atom. The minimum Gasteiger partial charge on any atom is -0.340 e. The van der Waals surface area contributed by atoms with Crippen molar-refractivity contribution in [2.45, 2.75) is 34.5 Å². The normalized spacial score (nSPS) is 16.5. The van der Waals surface area contributed by atoms with E-state index < -0.39 is 51.9 Å². The lowest BCUT2D eigenvalue weighted by atomic mass is 10.1. The zero-order valence-electron chi connectivity index (χ0n) is 11.3. The first kappa shape index (κ1) is 21.6. The summed E-state index contributed by atoms with van der Waals surface area (Å²) in [6, 6.07) is 2.30. The summed E-state index contributed by atoms with van der Waals surface area (Å²) in [5.41, 5.74) is -6.67. The number of benzene rings is 1. The first-order chi connectivity index (χ1) is 10.9. The van der Waals surface area contributed by atoms with Crippen molar-refractivity contribution in [1.29, 1.82) is 0 Å². The van der Waals surface area contributed by atoms with Gasteiger partial charge in [-0.15, -0.1) is 0 Å². The molecule has 0 aliphatic carbocycles. The van der Waals surface area contributed by atoms with Crippen LogP contribution in [0, 0.1) is 0 Å². The van der Waals surface area contributed by atoms with Gasteiger partial charge >= 0.3 is 29.6 Å². The molecule has 1 rings (SSSR count). The van der Waals surface area contributed by atoms with E-state index in [0.717, 1.165) is 6.07 Å². The molecule has 0 aliphatic rings. The molecule has 1 nitrogen and oxygen atoms in total. The van der Waals surface area contributed by atoms with Gasteiger partial charge in [0.2, 0.25) is 0 Å². The fraction of sp³-hybridized carbons (Fsp3) is 0.455. The van der Waals surface area contributed by atoms with Gasteiger partial charge in [-0.25, -0.2) is 4.39 Å². The molecule has 0 fully saturated rings. The average molecular weight is 411 g/mol. The second kappa shape index (κ2) is 6.36. The molecule has 0 spiro atoms. The molecule has 0 saturated heterocycles. The van der Waals surface area contributed by atoms with E-state index in [4.69, 9.17) is 0 Å². The SMILES string of the molecule is FC(F)(F)Sc1ccccc1NC(F)(C(F)(F)F)C(F)(F)C(F)(F)F. The number of hydrogen-bond acceptors (Lipinski definition) is 2. The molecule has 1 aromatic carbocycles. The zero-order chi connectivity index (χ0) is 19.9. The lowest BCUT2D eigenvalue weighted by Gasteiger charge is -2.37. The molecule has 0 bridgehead atoms. The summed E-state index contributed by atoms with van der Waals surface area (Å²) in [5, 5.41) is 0.251. The Morgan fingerprint density at radius 3 is 1.56 bits per heavy atom. The second-order valence-electron chi connectivity index (χ2n) is 4.40. The van der Waals surface area contributed by atoms with Crippen molar-refractivity contribution < 1.29 is 52.7 Å². The van der Waals surface area contributed by atoms with Gasteiger partial charge < -0.3 is 5.32 Å². The maximum absolute atomic E-state index is 13.9. The number of anilines is 1. The molecule has 0 amide bonds. The molecule has 1 unspecified atom stereocenters. The van der Waals surface area contributed by atoms with Gasteiger partial charge in [0.05, 0.1) is 5.69 Å². The Bertz CT molecular complexity index is 604. The highest BCUT2D eigenvalue weighted by molar-refractivity contribution is 8.00. The zero-order valence-corrected chi connectivity index (χ0v) is 12.1. The summed E-state index contributed by atoms with van der Waals surface area (Å²) in [6.07, 6.45) is -13.8. The van der Waals surface area contributed by atoms with Crippen LogP contribution >= 0.6 is 11.8 Å². The van der Waals surface area contributed by atoms with Gasteiger partial charge in [0.25, 0.3) is 0 Å². The second-order valence-corrected chi connectivity index (χ2v) is 5.50. The Labute approximate surface area is 135 Å². The van der Waals surface area contributed by atoms with Gasteiger partial charge in [0.15, 0.2) is 0 Å². The van der Waals surface area contributed by atoms with Crippen LogP contribution in [0.15, 0.2) is 29.2 Å². The van der Waals surface area contributed by atoms with E-state index in [1.807, 2.05) is 0 Å². The van der Waals surface area contributed by atoms with Crippen LogP contribution in [0.25, 0.3) is 0 Å². The van der Waals surface area contributed by atoms with Gasteiger partial charge in [-0.05, 0) is 23.9 Å². The fourth-order valence-electron chi connectivity index (χ4n) is 1.49. The molecule has 0 aliphatic heterocycles. The first-order valence-corrected chi connectivity index (χ1v) is 6.57. The highest BCUT2D eigenvalue weighted by atomic mass is 32.2. The van der Waals surface area contributed by atoms with Crippen molar-refractivity contribution in [3.05, 3.63) is 24.3 Å². The summed E-state index contributed by atoms with van der Waals surface area (Å²) in [4.78, 5) is -1.24. The first-order valence-electron chi connectivity index (χ1n) is 5.75. The Hall–Kier alpha value is -1.47. The molecular weight excluding hydrogens is 406 g/mol. The maximum atomic E-state index is 13.9. The molecule has 14 heteroatoms. The number of rotatable bonds is 4. The average Bonchev–Trinajstić information content (AvgIpc) is 2.36. The summed E-state index contributed by atoms with van der Waals surface area (Å²) in [7, 11) is 0. The van der Waals surface area contributed by atoms with Crippen molar-refractivity contribution in [3.63, 3.8) is 0 Å². The van der Waals surface area contributed by atoms with E-state index >= 15 is 0 Å². The maximum Gasteiger partial charge on any atom is 0.459 e. The van der Waals surface area contributed by atoms with Gasteiger partial charge in [0.1, 0.15) is 0 Å². The van der Waals surface area contributed by atoms with Crippen molar-refractivity contribution in [1.82, 2.24) is 0 Å². The van der Waals surface area contributed by atoms with Crippen LogP contribution in [0.2, 0.25) is 0 Å². The monoisotopic (exact) mass is 411 g/mol. The van der Waals surface area contributed by atoms with E-state index in [-0.39, 0.29) is 5.32 Å². The molecule has 1 N–H and O–H groups in total. The molecular formula is C11H5F12NS. The molecule has 1 aromatic rings. The van der Waals surface area contributed by atoms with Crippen LogP contribution in [0.1, 0.15) is 0 Å². The van der Waals surface area contributed by atoms with Gasteiger partial charge in [-0.2, -0.15) is 48.3 Å². The molecule has 0 aromatic heterocycles. The van der Waals surface area contributed by atoms with E-state index in [1.165, 1.54) is 0 Å². The van der Waals surface area contributed by atoms with E-state index in [2.05, 4.69) is 0 Å². The number of halogens is 12. The highest BCUT2D eigenvalue weighted by Crippen LogP contribution is 2.53. The third kappa shape index (κ3) is 4.39. The van der Waals surface area contributed by atoms with Crippen LogP contribution in [0.5, 0.6) is 0 Å². The predicted octanol–water partition coefficient (Wildman–Crippen LogP) is 6.14. The quantitative estimate of drug-likeness (QED) is 0.363. The lowest BCUT2D eigenvalue weighted by molar-refractivity contribution is -0.375. The van der Waals surface area contributed by atoms with Crippen LogP contribution in [0.4, 0.5) is 58.4 Å². The Morgan fingerprint density at radius 2 is 1.16 bits per heavy atom. The van der Waals surface area contributed by atoms with Crippen molar-refractivity contribution in [3.8, 4) is 0 Å². The molecule has 25 heavy (non-hydrogen) atoms. The van der Waals surface area contributed by atoms with E-state index in [1.54, 1.807) is 0 Å². The number of nitrogens with one attached hydrogen (secondary N) is 1. The van der Waals surface area contributed by atoms with E-state index in [0.29, 0.717) is 18.2 Å². The molecule has 1 atom stereocenters. The number of para-hydroxylation sites is 1. The number of thioether (sulfide) groups is 1. The molecule has 0 saturated carbocycles. The smallest absolute Gasteiger partial charge is 0.340 e. The fourth-order valence-corrected chi connectivity index (χ4v) is 2.12. The number of hydrogen-bond donors (Lipinski definition) is 1. The molecule has 0 heterocycles. The van der Waals surface area contributed by atoms with Crippen LogP contribution < -0.4 is 5.32 Å². The highest BCUT2D eigenvalue weighted by Gasteiger charge is 2.81. The van der Waals surface area contributed by atoms with Crippen molar-refractivity contribution >= 4 is 17.4 Å². The van der Waals surface area contributed by atoms with Crippen LogP contribution in [-0.4, -0.2) is 29.6 Å². The third-order valence-corrected chi connectivity index (χ3v) is 3.41. The minimum atomic E-state index is -6.99. The predicted molar refractivity (Wildman–Crippen MR) is 62.9 cm³/mol. The Balaban J connectivity index is 3.45. The van der Waals surface area contributed by atoms with Gasteiger partial charge in [0, 0.05) is 4.90 Å². The molecule has 0 radical (unpaired) electrons. The largest absolute Gasteiger partial charge is 0.459 e. The topological polar surface area (TPSA) is 12.0 Å². The van der Waals surface area contributed by atoms with E-state index in [9.17, 15) is 52.7 Å². The van der Waals surface area contributed by atoms with Gasteiger partial charge in [-0.1, -0.05) is 12.1 Å². The Kier molecular flexibility index (Phi) is 5.49. The van der Waals surface area contributed by atoms with Crippen LogP contribution in [0.3, 0.4) is 0 Å².